The second-order valence-corrected chi connectivity index (χ2v) is 8.58. The number of amides is 1. The van der Waals surface area contributed by atoms with Crippen LogP contribution in [0.1, 0.15) is 36.6 Å². The lowest BCUT2D eigenvalue weighted by molar-refractivity contribution is -0.121. The number of nitrogens with one attached hydrogen (secondary N) is 1. The SMILES string of the molecule is Cc1cccnc1[C@@H](NC(=O)CCS(=O)(=O)c1ccccc1)C1CC1. The number of benzene rings is 1. The Morgan fingerprint density at radius 1 is 1.20 bits per heavy atom. The number of pyridine rings is 1. The topological polar surface area (TPSA) is 76.1 Å². The van der Waals surface area contributed by atoms with E-state index >= 15 is 0 Å². The molecule has 1 aromatic heterocycles. The number of aromatic nitrogens is 1. The fourth-order valence-electron chi connectivity index (χ4n) is 2.88. The molecule has 132 valence electrons. The molecule has 1 aliphatic carbocycles. The van der Waals surface area contributed by atoms with E-state index in [-0.39, 0.29) is 29.0 Å². The number of hydrogen-bond donors (Lipinski definition) is 1. The maximum Gasteiger partial charge on any atom is 0.221 e. The van der Waals surface area contributed by atoms with E-state index in [0.717, 1.165) is 24.1 Å². The molecule has 1 atom stereocenters. The summed E-state index contributed by atoms with van der Waals surface area (Å²) in [4.78, 5) is 17.0. The number of sulfone groups is 1. The van der Waals surface area contributed by atoms with E-state index in [1.54, 1.807) is 36.5 Å². The molecule has 0 radical (unpaired) electrons. The van der Waals surface area contributed by atoms with E-state index in [0.29, 0.717) is 5.92 Å². The van der Waals surface area contributed by atoms with E-state index < -0.39 is 9.84 Å². The summed E-state index contributed by atoms with van der Waals surface area (Å²) in [5, 5.41) is 2.99. The van der Waals surface area contributed by atoms with Gasteiger partial charge in [0, 0.05) is 12.6 Å². The number of rotatable bonds is 7. The van der Waals surface area contributed by atoms with Gasteiger partial charge in [0.15, 0.2) is 9.84 Å². The Morgan fingerprint density at radius 2 is 1.92 bits per heavy atom. The molecule has 0 unspecified atom stereocenters. The van der Waals surface area contributed by atoms with E-state index in [1.165, 1.54) is 0 Å². The second kappa shape index (κ2) is 7.35. The monoisotopic (exact) mass is 358 g/mol. The van der Waals surface area contributed by atoms with Gasteiger partial charge in [-0.3, -0.25) is 9.78 Å². The first-order chi connectivity index (χ1) is 12.0. The quantitative estimate of drug-likeness (QED) is 0.826. The Labute approximate surface area is 148 Å². The Morgan fingerprint density at radius 3 is 2.56 bits per heavy atom. The minimum absolute atomic E-state index is 0.0493. The molecule has 1 saturated carbocycles. The largest absolute Gasteiger partial charge is 0.347 e. The number of carbonyl (C=O) groups excluding carboxylic acids is 1. The molecule has 1 aromatic carbocycles. The summed E-state index contributed by atoms with van der Waals surface area (Å²) in [5.41, 5.74) is 1.92. The van der Waals surface area contributed by atoms with Gasteiger partial charge >= 0.3 is 0 Å². The van der Waals surface area contributed by atoms with Crippen molar-refractivity contribution in [2.75, 3.05) is 5.75 Å². The minimum atomic E-state index is -3.45. The molecule has 1 amide bonds. The molecule has 0 spiro atoms. The summed E-state index contributed by atoms with van der Waals surface area (Å²) in [6, 6.07) is 11.9. The Kier molecular flexibility index (Phi) is 5.18. The van der Waals surface area contributed by atoms with Crippen LogP contribution in [0.4, 0.5) is 0 Å². The van der Waals surface area contributed by atoms with Crippen LogP contribution < -0.4 is 5.32 Å². The highest BCUT2D eigenvalue weighted by atomic mass is 32.2. The Balaban J connectivity index is 1.64. The molecule has 1 heterocycles. The highest BCUT2D eigenvalue weighted by Gasteiger charge is 2.35. The van der Waals surface area contributed by atoms with Crippen molar-refractivity contribution in [3.8, 4) is 0 Å². The van der Waals surface area contributed by atoms with Crippen molar-refractivity contribution in [2.45, 2.75) is 37.1 Å². The van der Waals surface area contributed by atoms with Crippen LogP contribution in [0.5, 0.6) is 0 Å². The molecule has 1 aliphatic rings. The van der Waals surface area contributed by atoms with Crippen LogP contribution >= 0.6 is 0 Å². The molecular weight excluding hydrogens is 336 g/mol. The molecular formula is C19H22N2O3S. The fourth-order valence-corrected chi connectivity index (χ4v) is 4.14. The van der Waals surface area contributed by atoms with E-state index in [9.17, 15) is 13.2 Å². The van der Waals surface area contributed by atoms with Gasteiger partial charge in [0.1, 0.15) is 0 Å². The predicted molar refractivity (Wildman–Crippen MR) is 95.7 cm³/mol. The van der Waals surface area contributed by atoms with Crippen molar-refractivity contribution in [3.05, 3.63) is 59.9 Å². The van der Waals surface area contributed by atoms with Crippen molar-refractivity contribution in [2.24, 2.45) is 5.92 Å². The van der Waals surface area contributed by atoms with Crippen molar-refractivity contribution in [1.29, 1.82) is 0 Å². The third kappa shape index (κ3) is 4.45. The van der Waals surface area contributed by atoms with Gasteiger partial charge in [-0.2, -0.15) is 0 Å². The van der Waals surface area contributed by atoms with Gasteiger partial charge in [0.2, 0.25) is 5.91 Å². The van der Waals surface area contributed by atoms with E-state index in [4.69, 9.17) is 0 Å². The van der Waals surface area contributed by atoms with Crippen LogP contribution in [0, 0.1) is 12.8 Å². The smallest absolute Gasteiger partial charge is 0.221 e. The molecule has 3 rings (SSSR count). The molecule has 5 nitrogen and oxygen atoms in total. The van der Waals surface area contributed by atoms with Gasteiger partial charge in [-0.15, -0.1) is 0 Å². The first-order valence-corrected chi connectivity index (χ1v) is 10.1. The van der Waals surface area contributed by atoms with Crippen LogP contribution in [0.3, 0.4) is 0 Å². The van der Waals surface area contributed by atoms with Gasteiger partial charge in [-0.05, 0) is 49.4 Å². The van der Waals surface area contributed by atoms with Gasteiger partial charge in [0.05, 0.1) is 22.4 Å². The molecule has 0 saturated heterocycles. The molecule has 1 N–H and O–H groups in total. The Bertz CT molecular complexity index is 846. The van der Waals surface area contributed by atoms with E-state index in [2.05, 4.69) is 10.3 Å². The summed E-state index contributed by atoms with van der Waals surface area (Å²) < 4.78 is 24.6. The van der Waals surface area contributed by atoms with Crippen molar-refractivity contribution in [1.82, 2.24) is 10.3 Å². The number of aryl methyl sites for hydroxylation is 1. The average Bonchev–Trinajstić information content (AvgIpc) is 3.44. The summed E-state index contributed by atoms with van der Waals surface area (Å²) in [6.07, 6.45) is 3.79. The maximum atomic E-state index is 12.3. The zero-order chi connectivity index (χ0) is 17.9. The van der Waals surface area contributed by atoms with Crippen molar-refractivity contribution < 1.29 is 13.2 Å². The zero-order valence-electron chi connectivity index (χ0n) is 14.2. The minimum Gasteiger partial charge on any atom is -0.347 e. The van der Waals surface area contributed by atoms with Crippen molar-refractivity contribution in [3.63, 3.8) is 0 Å². The standard InChI is InChI=1S/C19H22N2O3S/c1-14-6-5-12-20-18(14)19(15-9-10-15)21-17(22)11-13-25(23,24)16-7-3-2-4-8-16/h2-8,12,15,19H,9-11,13H2,1H3,(H,21,22)/t19-/m0/s1. The first-order valence-electron chi connectivity index (χ1n) is 8.46. The normalized spacial score (nSPS) is 15.6. The third-order valence-corrected chi connectivity index (χ3v) is 6.19. The van der Waals surface area contributed by atoms with Gasteiger partial charge in [-0.25, -0.2) is 8.42 Å². The number of hydrogen-bond acceptors (Lipinski definition) is 4. The maximum absolute atomic E-state index is 12.3. The number of carbonyl (C=O) groups is 1. The number of nitrogens with zero attached hydrogens (tertiary/aromatic N) is 1. The summed E-state index contributed by atoms with van der Waals surface area (Å²) in [7, 11) is -3.45. The summed E-state index contributed by atoms with van der Waals surface area (Å²) in [6.45, 7) is 1.98. The molecule has 6 heteroatoms. The molecule has 0 aliphatic heterocycles. The zero-order valence-corrected chi connectivity index (χ0v) is 15.0. The first kappa shape index (κ1) is 17.6. The van der Waals surface area contributed by atoms with Crippen molar-refractivity contribution >= 4 is 15.7 Å². The highest BCUT2D eigenvalue weighted by Crippen LogP contribution is 2.41. The molecule has 2 aromatic rings. The summed E-state index contributed by atoms with van der Waals surface area (Å²) in [5.74, 6) is -0.0497. The van der Waals surface area contributed by atoms with E-state index in [1.807, 2.05) is 19.1 Å². The fraction of sp³-hybridized carbons (Fsp3) is 0.368. The average molecular weight is 358 g/mol. The lowest BCUT2D eigenvalue weighted by atomic mass is 10.0. The molecule has 25 heavy (non-hydrogen) atoms. The predicted octanol–water partition coefficient (Wildman–Crippen LogP) is 2.82. The lowest BCUT2D eigenvalue weighted by Gasteiger charge is -2.19. The summed E-state index contributed by atoms with van der Waals surface area (Å²) >= 11 is 0. The van der Waals surface area contributed by atoms with Gasteiger partial charge in [-0.1, -0.05) is 24.3 Å². The van der Waals surface area contributed by atoms with Gasteiger partial charge < -0.3 is 5.32 Å². The van der Waals surface area contributed by atoms with Crippen LogP contribution in [-0.2, 0) is 14.6 Å². The molecule has 0 bridgehead atoms. The van der Waals surface area contributed by atoms with Crippen LogP contribution in [0.15, 0.2) is 53.6 Å². The van der Waals surface area contributed by atoms with Crippen LogP contribution in [0.25, 0.3) is 0 Å². The van der Waals surface area contributed by atoms with Gasteiger partial charge in [0.25, 0.3) is 0 Å². The highest BCUT2D eigenvalue weighted by molar-refractivity contribution is 7.91. The third-order valence-electron chi connectivity index (χ3n) is 4.45. The molecule has 1 fully saturated rings. The van der Waals surface area contributed by atoms with Crippen LogP contribution in [0.2, 0.25) is 0 Å². The lowest BCUT2D eigenvalue weighted by Crippen LogP contribution is -2.32. The Hall–Kier alpha value is -2.21. The van der Waals surface area contributed by atoms with Crippen LogP contribution in [-0.4, -0.2) is 25.1 Å². The second-order valence-electron chi connectivity index (χ2n) is 6.47.